The van der Waals surface area contributed by atoms with Crippen LogP contribution in [0, 0.1) is 0 Å². The lowest BCUT2D eigenvalue weighted by Gasteiger charge is -2.38. The molecule has 8 heteroatoms. The van der Waals surface area contributed by atoms with Crippen molar-refractivity contribution >= 4 is 10.4 Å². The third kappa shape index (κ3) is 1.96. The maximum absolute atomic E-state index is 11.2. The zero-order valence-electron chi connectivity index (χ0n) is 9.15. The van der Waals surface area contributed by atoms with Gasteiger partial charge in [-0.2, -0.15) is 8.42 Å². The molecule has 0 aromatic rings. The summed E-state index contributed by atoms with van der Waals surface area (Å²) in [5.41, 5.74) is 0. The van der Waals surface area contributed by atoms with E-state index in [9.17, 15) is 8.42 Å². The molecule has 0 aromatic carbocycles. The fraction of sp³-hybridized carbons (Fsp3) is 1.00. The van der Waals surface area contributed by atoms with E-state index in [2.05, 4.69) is 0 Å². The van der Waals surface area contributed by atoms with Gasteiger partial charge in [0, 0.05) is 14.2 Å². The Hall–Kier alpha value is -0.250. The van der Waals surface area contributed by atoms with Gasteiger partial charge in [-0.1, -0.05) is 0 Å². The molecule has 0 saturated carbocycles. The van der Waals surface area contributed by atoms with E-state index in [-0.39, 0.29) is 0 Å². The summed E-state index contributed by atoms with van der Waals surface area (Å²) in [5.74, 6) is 0. The van der Waals surface area contributed by atoms with Crippen LogP contribution in [0.1, 0.15) is 6.92 Å². The van der Waals surface area contributed by atoms with Crippen LogP contribution in [-0.4, -0.2) is 53.3 Å². The molecule has 0 amide bonds. The first-order valence-electron chi connectivity index (χ1n) is 4.81. The quantitative estimate of drug-likeness (QED) is 0.652. The van der Waals surface area contributed by atoms with E-state index in [1.54, 1.807) is 6.92 Å². The third-order valence-electron chi connectivity index (χ3n) is 2.69. The lowest BCUT2D eigenvalue weighted by molar-refractivity contribution is -0.271. The lowest BCUT2D eigenvalue weighted by Crippen LogP contribution is -2.56. The van der Waals surface area contributed by atoms with Crippen molar-refractivity contribution in [2.75, 3.05) is 14.2 Å². The average Bonchev–Trinajstić information content (AvgIpc) is 2.54. The monoisotopic (exact) mass is 254 g/mol. The number of fused-ring (bicyclic) bond motifs is 1. The van der Waals surface area contributed by atoms with Crippen LogP contribution < -0.4 is 0 Å². The smallest absolute Gasteiger partial charge is 0.373 e. The number of rotatable bonds is 2. The van der Waals surface area contributed by atoms with Crippen LogP contribution in [0.15, 0.2) is 0 Å². The summed E-state index contributed by atoms with van der Waals surface area (Å²) in [5, 5.41) is 0. The van der Waals surface area contributed by atoms with Gasteiger partial charge in [0.25, 0.3) is 0 Å². The highest BCUT2D eigenvalue weighted by Crippen LogP contribution is 2.34. The zero-order chi connectivity index (χ0) is 11.9. The zero-order valence-corrected chi connectivity index (χ0v) is 9.97. The summed E-state index contributed by atoms with van der Waals surface area (Å²) in [6.07, 6.45) is -3.18. The second kappa shape index (κ2) is 4.21. The van der Waals surface area contributed by atoms with Crippen molar-refractivity contribution in [1.82, 2.24) is 0 Å². The van der Waals surface area contributed by atoms with Crippen LogP contribution in [0.5, 0.6) is 0 Å². The largest absolute Gasteiger partial charge is 0.400 e. The Morgan fingerprint density at radius 2 is 1.69 bits per heavy atom. The van der Waals surface area contributed by atoms with E-state index in [4.69, 9.17) is 22.6 Å². The normalized spacial score (nSPS) is 46.6. The van der Waals surface area contributed by atoms with Crippen LogP contribution in [0.25, 0.3) is 0 Å². The first-order chi connectivity index (χ1) is 7.48. The molecule has 0 aromatic heterocycles. The molecule has 2 saturated heterocycles. The molecule has 2 heterocycles. The molecule has 0 aliphatic carbocycles. The molecule has 0 unspecified atom stereocenters. The molecular weight excluding hydrogens is 240 g/mol. The van der Waals surface area contributed by atoms with Gasteiger partial charge in [-0.05, 0) is 6.92 Å². The van der Waals surface area contributed by atoms with Crippen LogP contribution in [0.4, 0.5) is 0 Å². The molecular formula is C8H14O7S. The van der Waals surface area contributed by atoms with Gasteiger partial charge in [-0.3, -0.25) is 0 Å². The summed E-state index contributed by atoms with van der Waals surface area (Å²) in [6.45, 7) is 1.69. The van der Waals surface area contributed by atoms with E-state index in [1.165, 1.54) is 14.2 Å². The van der Waals surface area contributed by atoms with Gasteiger partial charge in [0.2, 0.25) is 0 Å². The van der Waals surface area contributed by atoms with Crippen LogP contribution in [-0.2, 0) is 33.0 Å². The van der Waals surface area contributed by atoms with Gasteiger partial charge >= 0.3 is 10.4 Å². The Labute approximate surface area is 93.9 Å². The average molecular weight is 254 g/mol. The molecule has 0 N–H and O–H groups in total. The van der Waals surface area contributed by atoms with E-state index in [1.807, 2.05) is 0 Å². The Kier molecular flexibility index (Phi) is 3.21. The molecule has 16 heavy (non-hydrogen) atoms. The first-order valence-corrected chi connectivity index (χ1v) is 6.14. The highest BCUT2D eigenvalue weighted by Gasteiger charge is 2.54. The van der Waals surface area contributed by atoms with Crippen molar-refractivity contribution < 1.29 is 31.0 Å². The van der Waals surface area contributed by atoms with Crippen molar-refractivity contribution in [2.45, 2.75) is 37.6 Å². The van der Waals surface area contributed by atoms with Crippen molar-refractivity contribution in [3.05, 3.63) is 0 Å². The lowest BCUT2D eigenvalue weighted by atomic mass is 10.00. The highest BCUT2D eigenvalue weighted by atomic mass is 32.3. The van der Waals surface area contributed by atoms with Crippen molar-refractivity contribution in [3.63, 3.8) is 0 Å². The van der Waals surface area contributed by atoms with Crippen LogP contribution in [0.3, 0.4) is 0 Å². The topological polar surface area (TPSA) is 80.3 Å². The van der Waals surface area contributed by atoms with E-state index < -0.39 is 41.1 Å². The van der Waals surface area contributed by atoms with Gasteiger partial charge < -0.3 is 14.2 Å². The first kappa shape index (κ1) is 12.2. The Morgan fingerprint density at radius 3 is 2.25 bits per heavy atom. The minimum atomic E-state index is -3.95. The summed E-state index contributed by atoms with van der Waals surface area (Å²) < 4.78 is 47.6. The van der Waals surface area contributed by atoms with Gasteiger partial charge in [-0.25, -0.2) is 8.37 Å². The van der Waals surface area contributed by atoms with Crippen molar-refractivity contribution in [3.8, 4) is 0 Å². The van der Waals surface area contributed by atoms with E-state index in [0.29, 0.717) is 0 Å². The van der Waals surface area contributed by atoms with Crippen molar-refractivity contribution in [2.24, 2.45) is 0 Å². The molecule has 7 nitrogen and oxygen atoms in total. The minimum Gasteiger partial charge on any atom is -0.373 e. The van der Waals surface area contributed by atoms with Crippen molar-refractivity contribution in [1.29, 1.82) is 0 Å². The molecule has 2 aliphatic rings. The van der Waals surface area contributed by atoms with Gasteiger partial charge in [0.05, 0.1) is 6.10 Å². The molecule has 0 bridgehead atoms. The summed E-state index contributed by atoms with van der Waals surface area (Å²) in [7, 11) is -1.07. The predicted octanol–water partition coefficient (Wildman–Crippen LogP) is -0.579. The molecule has 0 radical (unpaired) electrons. The molecule has 5 atom stereocenters. The fourth-order valence-electron chi connectivity index (χ4n) is 1.95. The second-order valence-corrected chi connectivity index (χ2v) is 4.88. The SMILES string of the molecule is CO[C@H]1O[C@H](C)[C@@H]2OS(=O)(=O)O[C@@H]2[C@H]1OC. The Balaban J connectivity index is 2.25. The third-order valence-corrected chi connectivity index (χ3v) is 3.61. The standard InChI is InChI=1S/C8H14O7S/c1-4-5-6(15-16(9,10)14-5)7(11-2)8(12-3)13-4/h4-8H,1-3H3/t4-,5+,6+,7-,8+/m1/s1. The van der Waals surface area contributed by atoms with Gasteiger partial charge in [0.1, 0.15) is 18.3 Å². The molecule has 0 spiro atoms. The number of hydrogen-bond donors (Lipinski definition) is 0. The van der Waals surface area contributed by atoms with Crippen LogP contribution >= 0.6 is 0 Å². The van der Waals surface area contributed by atoms with E-state index in [0.717, 1.165) is 0 Å². The molecule has 2 fully saturated rings. The number of hydrogen-bond acceptors (Lipinski definition) is 7. The summed E-state index contributed by atoms with van der Waals surface area (Å²) in [6, 6.07) is 0. The Morgan fingerprint density at radius 1 is 1.06 bits per heavy atom. The fourth-order valence-corrected chi connectivity index (χ4v) is 3.02. The maximum atomic E-state index is 11.2. The van der Waals surface area contributed by atoms with Gasteiger partial charge in [-0.15, -0.1) is 0 Å². The minimum absolute atomic E-state index is 0.446. The number of ether oxygens (including phenoxy) is 3. The maximum Gasteiger partial charge on any atom is 0.400 e. The molecule has 2 rings (SSSR count). The molecule has 94 valence electrons. The predicted molar refractivity (Wildman–Crippen MR) is 50.8 cm³/mol. The van der Waals surface area contributed by atoms with Crippen LogP contribution in [0.2, 0.25) is 0 Å². The number of methoxy groups -OCH3 is 2. The summed E-state index contributed by atoms with van der Waals surface area (Å²) >= 11 is 0. The highest BCUT2D eigenvalue weighted by molar-refractivity contribution is 7.82. The summed E-state index contributed by atoms with van der Waals surface area (Å²) in [4.78, 5) is 0. The second-order valence-electron chi connectivity index (χ2n) is 3.68. The van der Waals surface area contributed by atoms with Gasteiger partial charge in [0.15, 0.2) is 6.29 Å². The molecule has 2 aliphatic heterocycles. The van der Waals surface area contributed by atoms with E-state index >= 15 is 0 Å². The Bertz CT molecular complexity index is 353.